The van der Waals surface area contributed by atoms with Gasteiger partial charge in [-0.2, -0.15) is 5.26 Å². The Morgan fingerprint density at radius 2 is 1.30 bits per heavy atom. The maximum Gasteiger partial charge on any atom is 0.189 e. The highest BCUT2D eigenvalue weighted by molar-refractivity contribution is 6.17. The Kier molecular flexibility index (Phi) is 13.9. The lowest BCUT2D eigenvalue weighted by Crippen LogP contribution is -2.21. The van der Waals surface area contributed by atoms with Gasteiger partial charge in [0.25, 0.3) is 0 Å². The van der Waals surface area contributed by atoms with Crippen molar-refractivity contribution in [2.24, 2.45) is 0 Å². The highest BCUT2D eigenvalue weighted by Crippen LogP contribution is 2.40. The number of nitrogens with zero attached hydrogens (tertiary/aromatic N) is 1. The van der Waals surface area contributed by atoms with Crippen LogP contribution in [0.3, 0.4) is 0 Å². The number of alkyl halides is 1. The van der Waals surface area contributed by atoms with Gasteiger partial charge < -0.3 is 23.7 Å². The molecular formula is C23H38ClNO5. The van der Waals surface area contributed by atoms with E-state index in [0.717, 1.165) is 16.9 Å². The first-order valence-electron chi connectivity index (χ1n) is 9.94. The summed E-state index contributed by atoms with van der Waals surface area (Å²) in [5.74, 6) is 0.821. The van der Waals surface area contributed by atoms with E-state index in [-0.39, 0.29) is 23.7 Å². The van der Waals surface area contributed by atoms with Gasteiger partial charge in [0.15, 0.2) is 6.79 Å². The maximum atomic E-state index is 9.35. The van der Waals surface area contributed by atoms with Gasteiger partial charge >= 0.3 is 0 Å². The van der Waals surface area contributed by atoms with Crippen molar-refractivity contribution in [2.45, 2.75) is 52.4 Å². The number of hydrogen-bond donors (Lipinski definition) is 0. The predicted octanol–water partition coefficient (Wildman–Crippen LogP) is 5.00. The fourth-order valence-electron chi connectivity index (χ4n) is 2.46. The van der Waals surface area contributed by atoms with Crippen molar-refractivity contribution in [3.05, 3.63) is 28.8 Å². The molecular weight excluding hydrogens is 406 g/mol. The quantitative estimate of drug-likeness (QED) is 0.288. The van der Waals surface area contributed by atoms with Crippen LogP contribution < -0.4 is 4.74 Å². The molecule has 0 bridgehead atoms. The van der Waals surface area contributed by atoms with Crippen LogP contribution in [0.1, 0.15) is 58.2 Å². The third-order valence-electron chi connectivity index (χ3n) is 4.06. The zero-order chi connectivity index (χ0) is 23.2. The lowest BCUT2D eigenvalue weighted by Gasteiger charge is -2.29. The third-order valence-corrected chi connectivity index (χ3v) is 4.22. The van der Waals surface area contributed by atoms with Gasteiger partial charge in [0.1, 0.15) is 11.8 Å². The molecule has 0 atom stereocenters. The van der Waals surface area contributed by atoms with Gasteiger partial charge in [-0.3, -0.25) is 0 Å². The molecule has 30 heavy (non-hydrogen) atoms. The van der Waals surface area contributed by atoms with Crippen LogP contribution >= 0.6 is 11.6 Å². The molecule has 0 fully saturated rings. The summed E-state index contributed by atoms with van der Waals surface area (Å²) in [6.07, 6.45) is 0. The van der Waals surface area contributed by atoms with Crippen LogP contribution in [-0.4, -0.2) is 53.5 Å². The van der Waals surface area contributed by atoms with E-state index in [0.29, 0.717) is 32.0 Å². The Labute approximate surface area is 187 Å². The molecule has 0 aromatic heterocycles. The minimum absolute atomic E-state index is 0.130. The monoisotopic (exact) mass is 443 g/mol. The SMILES string of the molecule is COCCOCCl.COCCOCOc1c(C(C)(C)C)cc(C#N)cc1C(C)(C)C. The van der Waals surface area contributed by atoms with E-state index in [4.69, 9.17) is 30.5 Å². The smallest absolute Gasteiger partial charge is 0.189 e. The molecule has 0 saturated carbocycles. The van der Waals surface area contributed by atoms with Gasteiger partial charge in [0.2, 0.25) is 0 Å². The normalized spacial score (nSPS) is 11.5. The largest absolute Gasteiger partial charge is 0.467 e. The summed E-state index contributed by atoms with van der Waals surface area (Å²) in [6.45, 7) is 15.1. The van der Waals surface area contributed by atoms with Gasteiger partial charge in [-0.25, -0.2) is 0 Å². The topological polar surface area (TPSA) is 69.9 Å². The van der Waals surface area contributed by atoms with Crippen LogP contribution in [-0.2, 0) is 29.8 Å². The number of benzene rings is 1. The molecule has 0 aliphatic carbocycles. The van der Waals surface area contributed by atoms with Crippen molar-refractivity contribution in [2.75, 3.05) is 53.5 Å². The van der Waals surface area contributed by atoms with Crippen LogP contribution in [0.5, 0.6) is 5.75 Å². The summed E-state index contributed by atoms with van der Waals surface area (Å²) in [6, 6.07) is 6.35. The minimum atomic E-state index is -0.130. The van der Waals surface area contributed by atoms with Gasteiger partial charge in [0, 0.05) is 25.3 Å². The second-order valence-corrected chi connectivity index (χ2v) is 8.90. The second kappa shape index (κ2) is 14.6. The maximum absolute atomic E-state index is 9.35. The highest BCUT2D eigenvalue weighted by Gasteiger charge is 2.28. The highest BCUT2D eigenvalue weighted by atomic mass is 35.5. The number of methoxy groups -OCH3 is 2. The average molecular weight is 444 g/mol. The number of ether oxygens (including phenoxy) is 5. The molecule has 0 N–H and O–H groups in total. The zero-order valence-electron chi connectivity index (χ0n) is 19.8. The summed E-state index contributed by atoms with van der Waals surface area (Å²) >= 11 is 5.16. The molecule has 0 unspecified atom stereocenters. The Morgan fingerprint density at radius 3 is 1.67 bits per heavy atom. The Morgan fingerprint density at radius 1 is 0.833 bits per heavy atom. The van der Waals surface area contributed by atoms with Crippen molar-refractivity contribution in [3.63, 3.8) is 0 Å². The van der Waals surface area contributed by atoms with Gasteiger partial charge in [0.05, 0.1) is 38.1 Å². The Bertz CT molecular complexity index is 605. The van der Waals surface area contributed by atoms with Crippen molar-refractivity contribution >= 4 is 11.6 Å². The molecule has 7 heteroatoms. The summed E-state index contributed by atoms with van der Waals surface area (Å²) in [5, 5.41) is 9.35. The summed E-state index contributed by atoms with van der Waals surface area (Å²) in [7, 11) is 3.26. The van der Waals surface area contributed by atoms with Crippen molar-refractivity contribution in [1.29, 1.82) is 5.26 Å². The number of nitriles is 1. The first-order valence-corrected chi connectivity index (χ1v) is 10.5. The first kappa shape index (κ1) is 28.6. The first-order chi connectivity index (χ1) is 14.0. The summed E-state index contributed by atoms with van der Waals surface area (Å²) < 4.78 is 25.8. The van der Waals surface area contributed by atoms with Crippen LogP contribution in [0.2, 0.25) is 0 Å². The fourth-order valence-corrected chi connectivity index (χ4v) is 2.57. The lowest BCUT2D eigenvalue weighted by molar-refractivity contribution is -0.00992. The molecule has 0 saturated heterocycles. The Balaban J connectivity index is 0.00000103. The summed E-state index contributed by atoms with van der Waals surface area (Å²) in [4.78, 5) is 0. The molecule has 1 rings (SSSR count). The average Bonchev–Trinajstić information content (AvgIpc) is 2.67. The summed E-state index contributed by atoms with van der Waals surface area (Å²) in [5.41, 5.74) is 2.45. The van der Waals surface area contributed by atoms with Crippen molar-refractivity contribution in [1.82, 2.24) is 0 Å². The number of hydrogen-bond acceptors (Lipinski definition) is 6. The molecule has 0 heterocycles. The van der Waals surface area contributed by atoms with E-state index < -0.39 is 0 Å². The molecule has 0 amide bonds. The standard InChI is InChI=1S/C19H29NO3.C4H9ClO2/c1-18(2,3)15-10-14(12-20)11-16(19(4,5)6)17(15)23-13-22-9-8-21-7;1-6-2-3-7-4-5/h10-11H,8-9,13H2,1-7H3;2-4H2,1H3. The van der Waals surface area contributed by atoms with Gasteiger partial charge in [-0.15, -0.1) is 0 Å². The molecule has 1 aromatic rings. The van der Waals surface area contributed by atoms with Crippen LogP contribution in [0.4, 0.5) is 0 Å². The zero-order valence-corrected chi connectivity index (χ0v) is 20.5. The minimum Gasteiger partial charge on any atom is -0.467 e. The van der Waals surface area contributed by atoms with E-state index in [1.165, 1.54) is 0 Å². The predicted molar refractivity (Wildman–Crippen MR) is 120 cm³/mol. The van der Waals surface area contributed by atoms with E-state index in [1.807, 2.05) is 12.1 Å². The van der Waals surface area contributed by atoms with Crippen molar-refractivity contribution in [3.8, 4) is 11.8 Å². The molecule has 0 spiro atoms. The molecule has 0 aliphatic rings. The van der Waals surface area contributed by atoms with Gasteiger partial charge in [-0.1, -0.05) is 53.1 Å². The molecule has 0 aliphatic heterocycles. The van der Waals surface area contributed by atoms with E-state index in [2.05, 4.69) is 52.3 Å². The van der Waals surface area contributed by atoms with Gasteiger partial charge in [-0.05, 0) is 23.0 Å². The van der Waals surface area contributed by atoms with E-state index >= 15 is 0 Å². The fraction of sp³-hybridized carbons (Fsp3) is 0.696. The molecule has 6 nitrogen and oxygen atoms in total. The van der Waals surface area contributed by atoms with Crippen LogP contribution in [0.25, 0.3) is 0 Å². The van der Waals surface area contributed by atoms with E-state index in [9.17, 15) is 5.26 Å². The molecule has 172 valence electrons. The third kappa shape index (κ3) is 11.1. The number of rotatable bonds is 10. The molecule has 1 aromatic carbocycles. The molecule has 0 radical (unpaired) electrons. The lowest BCUT2D eigenvalue weighted by atomic mass is 9.78. The second-order valence-electron chi connectivity index (χ2n) is 8.69. The van der Waals surface area contributed by atoms with Crippen LogP contribution in [0.15, 0.2) is 12.1 Å². The Hall–Kier alpha value is -1.36. The van der Waals surface area contributed by atoms with E-state index in [1.54, 1.807) is 14.2 Å². The number of halogens is 1. The van der Waals surface area contributed by atoms with Crippen molar-refractivity contribution < 1.29 is 23.7 Å². The van der Waals surface area contributed by atoms with Crippen LogP contribution in [0, 0.1) is 11.3 Å².